The number of methoxy groups -OCH3 is 2. The van der Waals surface area contributed by atoms with E-state index in [-0.39, 0.29) is 23.6 Å². The van der Waals surface area contributed by atoms with Gasteiger partial charge in [-0.05, 0) is 24.3 Å². The second kappa shape index (κ2) is 7.14. The average Bonchev–Trinajstić information content (AvgIpc) is 3.07. The highest BCUT2D eigenvalue weighted by Gasteiger charge is 2.31. The van der Waals surface area contributed by atoms with Crippen LogP contribution in [0.25, 0.3) is 5.65 Å². The average molecular weight is 380 g/mol. The number of fused-ring (bicyclic) bond motifs is 1. The summed E-state index contributed by atoms with van der Waals surface area (Å²) in [5, 5.41) is 10.2. The van der Waals surface area contributed by atoms with Crippen LogP contribution in [0.1, 0.15) is 21.7 Å². The van der Waals surface area contributed by atoms with Gasteiger partial charge in [-0.3, -0.25) is 9.20 Å². The van der Waals surface area contributed by atoms with Crippen molar-refractivity contribution in [1.29, 1.82) is 0 Å². The monoisotopic (exact) mass is 380 g/mol. The lowest BCUT2D eigenvalue weighted by Gasteiger charge is -2.11. The number of benzene rings is 1. The van der Waals surface area contributed by atoms with Crippen LogP contribution in [0.2, 0.25) is 0 Å². The molecule has 0 unspecified atom stereocenters. The molecule has 0 fully saturated rings. The molecule has 3 rings (SSSR count). The number of ether oxygens (including phenoxy) is 2. The van der Waals surface area contributed by atoms with E-state index in [4.69, 9.17) is 9.47 Å². The molecule has 0 saturated heterocycles. The number of halogens is 3. The maximum absolute atomic E-state index is 12.9. The maximum Gasteiger partial charge on any atom is 0.417 e. The van der Waals surface area contributed by atoms with E-state index in [0.29, 0.717) is 11.5 Å². The van der Waals surface area contributed by atoms with E-state index in [1.54, 1.807) is 12.1 Å². The Kier molecular flexibility index (Phi) is 4.89. The fraction of sp³-hybridized carbons (Fsp3) is 0.235. The van der Waals surface area contributed by atoms with Crippen molar-refractivity contribution in [2.75, 3.05) is 14.2 Å². The lowest BCUT2D eigenvalue weighted by atomic mass is 10.1. The highest BCUT2D eigenvalue weighted by Crippen LogP contribution is 2.29. The Morgan fingerprint density at radius 1 is 1.15 bits per heavy atom. The van der Waals surface area contributed by atoms with E-state index in [1.807, 2.05) is 0 Å². The first-order valence-electron chi connectivity index (χ1n) is 7.74. The summed E-state index contributed by atoms with van der Waals surface area (Å²) in [5.74, 6) is 0.513. The summed E-state index contributed by atoms with van der Waals surface area (Å²) in [7, 11) is 2.90. The van der Waals surface area contributed by atoms with Gasteiger partial charge in [-0.25, -0.2) is 0 Å². The number of hydrogen-bond acceptors (Lipinski definition) is 5. The molecule has 27 heavy (non-hydrogen) atoms. The van der Waals surface area contributed by atoms with Crippen molar-refractivity contribution in [2.45, 2.75) is 12.7 Å². The molecular weight excluding hydrogens is 365 g/mol. The summed E-state index contributed by atoms with van der Waals surface area (Å²) in [6.45, 7) is -0.115. The Labute approximate surface area is 151 Å². The Morgan fingerprint density at radius 2 is 1.93 bits per heavy atom. The number of aromatic nitrogens is 3. The minimum atomic E-state index is -4.49. The summed E-state index contributed by atoms with van der Waals surface area (Å²) < 4.78 is 50.1. The van der Waals surface area contributed by atoms with Crippen LogP contribution in [0.5, 0.6) is 11.5 Å². The number of alkyl halides is 3. The molecule has 0 saturated carbocycles. The minimum Gasteiger partial charge on any atom is -0.497 e. The summed E-state index contributed by atoms with van der Waals surface area (Å²) in [6, 6.07) is 6.81. The summed E-state index contributed by atoms with van der Waals surface area (Å²) in [5.41, 5.74) is -0.337. The largest absolute Gasteiger partial charge is 0.497 e. The van der Waals surface area contributed by atoms with E-state index in [2.05, 4.69) is 15.5 Å². The van der Waals surface area contributed by atoms with Gasteiger partial charge in [0.15, 0.2) is 11.5 Å². The van der Waals surface area contributed by atoms with E-state index < -0.39 is 17.6 Å². The van der Waals surface area contributed by atoms with Gasteiger partial charge in [0, 0.05) is 12.3 Å². The van der Waals surface area contributed by atoms with E-state index >= 15 is 0 Å². The van der Waals surface area contributed by atoms with Crippen LogP contribution in [-0.4, -0.2) is 34.7 Å². The van der Waals surface area contributed by atoms with Crippen LogP contribution >= 0.6 is 0 Å². The fourth-order valence-corrected chi connectivity index (χ4v) is 2.47. The third-order valence-electron chi connectivity index (χ3n) is 3.86. The minimum absolute atomic E-state index is 0.115. The SMILES string of the molecule is COc1ccc(C(=O)NCc2nnc3ccc(C(F)(F)F)cn23)c(OC)c1. The van der Waals surface area contributed by atoms with Crippen LogP contribution in [0.3, 0.4) is 0 Å². The molecule has 142 valence electrons. The predicted octanol–water partition coefficient (Wildman–Crippen LogP) is 2.70. The quantitative estimate of drug-likeness (QED) is 0.737. The van der Waals surface area contributed by atoms with Crippen molar-refractivity contribution in [3.8, 4) is 11.5 Å². The smallest absolute Gasteiger partial charge is 0.417 e. The van der Waals surface area contributed by atoms with Gasteiger partial charge in [-0.1, -0.05) is 0 Å². The zero-order valence-electron chi connectivity index (χ0n) is 14.4. The Hall–Kier alpha value is -3.30. The first kappa shape index (κ1) is 18.5. The lowest BCUT2D eigenvalue weighted by Crippen LogP contribution is -2.24. The number of nitrogens with one attached hydrogen (secondary N) is 1. The van der Waals surface area contributed by atoms with Crippen LogP contribution in [0, 0.1) is 0 Å². The van der Waals surface area contributed by atoms with Gasteiger partial charge in [0.1, 0.15) is 11.5 Å². The van der Waals surface area contributed by atoms with Gasteiger partial charge in [-0.2, -0.15) is 13.2 Å². The Bertz CT molecular complexity index is 985. The molecule has 0 spiro atoms. The third kappa shape index (κ3) is 3.78. The number of rotatable bonds is 5. The zero-order valence-corrected chi connectivity index (χ0v) is 14.4. The van der Waals surface area contributed by atoms with Gasteiger partial charge < -0.3 is 14.8 Å². The van der Waals surface area contributed by atoms with E-state index in [0.717, 1.165) is 12.3 Å². The van der Waals surface area contributed by atoms with Crippen molar-refractivity contribution in [3.63, 3.8) is 0 Å². The van der Waals surface area contributed by atoms with Gasteiger partial charge in [-0.15, -0.1) is 10.2 Å². The van der Waals surface area contributed by atoms with Gasteiger partial charge in [0.05, 0.1) is 31.9 Å². The second-order valence-corrected chi connectivity index (χ2v) is 5.51. The van der Waals surface area contributed by atoms with Crippen molar-refractivity contribution in [1.82, 2.24) is 19.9 Å². The molecule has 1 amide bonds. The number of amides is 1. The zero-order chi connectivity index (χ0) is 19.6. The van der Waals surface area contributed by atoms with Crippen molar-refractivity contribution in [2.24, 2.45) is 0 Å². The van der Waals surface area contributed by atoms with Crippen LogP contribution in [-0.2, 0) is 12.7 Å². The summed E-state index contributed by atoms with van der Waals surface area (Å²) in [6.07, 6.45) is -3.60. The predicted molar refractivity (Wildman–Crippen MR) is 88.7 cm³/mol. The summed E-state index contributed by atoms with van der Waals surface area (Å²) >= 11 is 0. The normalized spacial score (nSPS) is 11.4. The molecule has 7 nitrogen and oxygen atoms in total. The highest BCUT2D eigenvalue weighted by molar-refractivity contribution is 5.97. The first-order valence-corrected chi connectivity index (χ1v) is 7.74. The molecule has 0 atom stereocenters. The molecule has 0 aliphatic carbocycles. The second-order valence-electron chi connectivity index (χ2n) is 5.51. The molecule has 10 heteroatoms. The van der Waals surface area contributed by atoms with Crippen LogP contribution in [0.15, 0.2) is 36.5 Å². The van der Waals surface area contributed by atoms with Crippen molar-refractivity contribution in [3.05, 3.63) is 53.5 Å². The maximum atomic E-state index is 12.9. The molecule has 1 aromatic carbocycles. The molecule has 1 N–H and O–H groups in total. The molecular formula is C17H15F3N4O3. The molecule has 0 radical (unpaired) electrons. The van der Waals surface area contributed by atoms with Gasteiger partial charge in [0.25, 0.3) is 5.91 Å². The standard InChI is InChI=1S/C17H15F3N4O3/c1-26-11-4-5-12(13(7-11)27-2)16(25)21-8-15-23-22-14-6-3-10(9-24(14)15)17(18,19)20/h3-7,9H,8H2,1-2H3,(H,21,25). The van der Waals surface area contributed by atoms with Crippen LogP contribution in [0.4, 0.5) is 13.2 Å². The first-order chi connectivity index (χ1) is 12.8. The molecule has 0 bridgehead atoms. The molecule has 0 aliphatic rings. The van der Waals surface area contributed by atoms with E-state index in [1.165, 1.54) is 30.8 Å². The number of carbonyl (C=O) groups is 1. The van der Waals surface area contributed by atoms with Crippen molar-refractivity contribution >= 4 is 11.6 Å². The lowest BCUT2D eigenvalue weighted by molar-refractivity contribution is -0.137. The number of nitrogens with zero attached hydrogens (tertiary/aromatic N) is 3. The summed E-state index contributed by atoms with van der Waals surface area (Å²) in [4.78, 5) is 12.4. The van der Waals surface area contributed by atoms with Gasteiger partial charge >= 0.3 is 6.18 Å². The topological polar surface area (TPSA) is 77.8 Å². The Morgan fingerprint density at radius 3 is 2.59 bits per heavy atom. The molecule has 2 aromatic heterocycles. The van der Waals surface area contributed by atoms with Gasteiger partial charge in [0.2, 0.25) is 0 Å². The number of carbonyl (C=O) groups excluding carboxylic acids is 1. The molecule has 0 aliphatic heterocycles. The van der Waals surface area contributed by atoms with Crippen molar-refractivity contribution < 1.29 is 27.4 Å². The molecule has 2 heterocycles. The Balaban J connectivity index is 1.81. The third-order valence-corrected chi connectivity index (χ3v) is 3.86. The molecule has 3 aromatic rings. The number of pyridine rings is 1. The highest BCUT2D eigenvalue weighted by atomic mass is 19.4. The van der Waals surface area contributed by atoms with E-state index in [9.17, 15) is 18.0 Å². The number of hydrogen-bond donors (Lipinski definition) is 1. The van der Waals surface area contributed by atoms with Crippen LogP contribution < -0.4 is 14.8 Å². The fourth-order valence-electron chi connectivity index (χ4n) is 2.47.